The molecule has 0 saturated heterocycles. The Morgan fingerprint density at radius 3 is 2.20 bits per heavy atom. The minimum absolute atomic E-state index is 0.283. The Morgan fingerprint density at radius 2 is 1.65 bits per heavy atom. The van der Waals surface area contributed by atoms with E-state index >= 15 is 0 Å². The fraction of sp³-hybridized carbons (Fsp3) is 0.375. The van der Waals surface area contributed by atoms with Crippen molar-refractivity contribution in [3.05, 3.63) is 53.3 Å². The Labute approximate surface area is 125 Å². The van der Waals surface area contributed by atoms with Gasteiger partial charge in [0.25, 0.3) is 0 Å². The number of hydrogen-bond acceptors (Lipinski definition) is 4. The van der Waals surface area contributed by atoms with Gasteiger partial charge in [-0.2, -0.15) is 0 Å². The summed E-state index contributed by atoms with van der Waals surface area (Å²) in [5.41, 5.74) is 3.33. The third kappa shape index (κ3) is 3.81. The predicted octanol–water partition coefficient (Wildman–Crippen LogP) is 3.53. The van der Waals surface area contributed by atoms with Crippen LogP contribution in [0.25, 0.3) is 0 Å². The van der Waals surface area contributed by atoms with Gasteiger partial charge in [-0.15, -0.1) is 0 Å². The molecule has 2 atom stereocenters. The van der Waals surface area contributed by atoms with Crippen molar-refractivity contribution in [3.8, 4) is 0 Å². The average Bonchev–Trinajstić information content (AvgIpc) is 2.39. The van der Waals surface area contributed by atoms with Crippen LogP contribution >= 0.6 is 11.8 Å². The molecule has 2 aromatic rings. The molecule has 0 spiro atoms. The summed E-state index contributed by atoms with van der Waals surface area (Å²) in [4.78, 5) is 9.02. The molecule has 20 heavy (non-hydrogen) atoms. The number of thioether (sulfide) groups is 1. The normalized spacial score (nSPS) is 14.0. The fourth-order valence-corrected chi connectivity index (χ4v) is 3.47. The van der Waals surface area contributed by atoms with Crippen molar-refractivity contribution in [2.24, 2.45) is 0 Å². The monoisotopic (exact) mass is 287 g/mol. The van der Waals surface area contributed by atoms with E-state index in [1.807, 2.05) is 33.0 Å². The van der Waals surface area contributed by atoms with E-state index in [4.69, 9.17) is 0 Å². The van der Waals surface area contributed by atoms with Gasteiger partial charge in [0.15, 0.2) is 5.16 Å². The van der Waals surface area contributed by atoms with Crippen LogP contribution in [0.1, 0.15) is 29.9 Å². The largest absolute Gasteiger partial charge is 0.312 e. The number of hydrogen-bond donors (Lipinski definition) is 1. The number of rotatable bonds is 5. The van der Waals surface area contributed by atoms with Crippen LogP contribution in [0.2, 0.25) is 0 Å². The summed E-state index contributed by atoms with van der Waals surface area (Å²) >= 11 is 1.71. The van der Waals surface area contributed by atoms with E-state index in [0.29, 0.717) is 5.25 Å². The minimum atomic E-state index is 0.283. The summed E-state index contributed by atoms with van der Waals surface area (Å²) in [6, 6.07) is 12.8. The van der Waals surface area contributed by atoms with Crippen molar-refractivity contribution in [1.82, 2.24) is 15.3 Å². The van der Waals surface area contributed by atoms with Crippen molar-refractivity contribution in [1.29, 1.82) is 0 Å². The van der Waals surface area contributed by atoms with Gasteiger partial charge in [0.2, 0.25) is 0 Å². The molecule has 0 aliphatic heterocycles. The molecule has 4 heteroatoms. The van der Waals surface area contributed by atoms with Crippen LogP contribution in [0.3, 0.4) is 0 Å². The van der Waals surface area contributed by atoms with Gasteiger partial charge in [-0.05, 0) is 32.5 Å². The van der Waals surface area contributed by atoms with Gasteiger partial charge in [0.1, 0.15) is 0 Å². The van der Waals surface area contributed by atoms with Crippen LogP contribution < -0.4 is 5.32 Å². The standard InChI is InChI=1S/C16H21N3S/c1-11-10-12(2)19-16(18-11)20-13(3)15(17-4)14-8-6-5-7-9-14/h5-10,13,15,17H,1-4H3. The molecule has 0 saturated carbocycles. The molecule has 1 heterocycles. The Bertz CT molecular complexity index is 537. The smallest absolute Gasteiger partial charge is 0.188 e. The molecule has 1 aromatic heterocycles. The van der Waals surface area contributed by atoms with Gasteiger partial charge in [-0.25, -0.2) is 9.97 Å². The van der Waals surface area contributed by atoms with Gasteiger partial charge >= 0.3 is 0 Å². The lowest BCUT2D eigenvalue weighted by molar-refractivity contribution is 0.588. The molecule has 3 nitrogen and oxygen atoms in total. The van der Waals surface area contributed by atoms with Gasteiger partial charge < -0.3 is 5.32 Å². The van der Waals surface area contributed by atoms with E-state index in [0.717, 1.165) is 16.5 Å². The third-order valence-corrected chi connectivity index (χ3v) is 4.23. The topological polar surface area (TPSA) is 37.8 Å². The van der Waals surface area contributed by atoms with E-state index in [-0.39, 0.29) is 6.04 Å². The van der Waals surface area contributed by atoms with Gasteiger partial charge in [0, 0.05) is 22.7 Å². The van der Waals surface area contributed by atoms with Crippen LogP contribution in [-0.4, -0.2) is 22.3 Å². The first-order valence-corrected chi connectivity index (χ1v) is 7.69. The highest BCUT2D eigenvalue weighted by molar-refractivity contribution is 7.99. The molecule has 0 aliphatic rings. The first-order chi connectivity index (χ1) is 9.60. The van der Waals surface area contributed by atoms with Crippen LogP contribution in [-0.2, 0) is 0 Å². The molecule has 0 fully saturated rings. The molecule has 106 valence electrons. The molecular weight excluding hydrogens is 266 g/mol. The molecule has 2 rings (SSSR count). The lowest BCUT2D eigenvalue weighted by Crippen LogP contribution is -2.25. The highest BCUT2D eigenvalue weighted by Crippen LogP contribution is 2.30. The fourth-order valence-electron chi connectivity index (χ4n) is 2.31. The number of nitrogens with zero attached hydrogens (tertiary/aromatic N) is 2. The second kappa shape index (κ2) is 6.86. The van der Waals surface area contributed by atoms with E-state index < -0.39 is 0 Å². The van der Waals surface area contributed by atoms with Gasteiger partial charge in [-0.1, -0.05) is 49.0 Å². The minimum Gasteiger partial charge on any atom is -0.312 e. The number of benzene rings is 1. The number of aryl methyl sites for hydroxylation is 2. The highest BCUT2D eigenvalue weighted by atomic mass is 32.2. The Kier molecular flexibility index (Phi) is 5.15. The molecular formula is C16H21N3S. The SMILES string of the molecule is CNC(c1ccccc1)C(C)Sc1nc(C)cc(C)n1. The van der Waals surface area contributed by atoms with Crippen molar-refractivity contribution in [2.45, 2.75) is 37.2 Å². The molecule has 0 aliphatic carbocycles. The Balaban J connectivity index is 2.15. The number of nitrogens with one attached hydrogen (secondary N) is 1. The van der Waals surface area contributed by atoms with Crippen LogP contribution in [0.5, 0.6) is 0 Å². The first kappa shape index (κ1) is 15.0. The summed E-state index contributed by atoms with van der Waals surface area (Å²) in [6.07, 6.45) is 0. The number of aromatic nitrogens is 2. The Hall–Kier alpha value is -1.39. The van der Waals surface area contributed by atoms with E-state index in [1.54, 1.807) is 11.8 Å². The second-order valence-electron chi connectivity index (χ2n) is 4.93. The van der Waals surface area contributed by atoms with E-state index in [9.17, 15) is 0 Å². The zero-order valence-electron chi connectivity index (χ0n) is 12.4. The lowest BCUT2D eigenvalue weighted by atomic mass is 10.0. The van der Waals surface area contributed by atoms with E-state index in [1.165, 1.54) is 5.56 Å². The maximum Gasteiger partial charge on any atom is 0.188 e. The summed E-state index contributed by atoms with van der Waals surface area (Å²) in [6.45, 7) is 6.23. The van der Waals surface area contributed by atoms with Gasteiger partial charge in [-0.3, -0.25) is 0 Å². The maximum atomic E-state index is 4.51. The summed E-state index contributed by atoms with van der Waals surface area (Å²) in [5.74, 6) is 0. The molecule has 1 N–H and O–H groups in total. The zero-order valence-corrected chi connectivity index (χ0v) is 13.2. The van der Waals surface area contributed by atoms with Gasteiger partial charge in [0.05, 0.1) is 0 Å². The molecule has 0 bridgehead atoms. The highest BCUT2D eigenvalue weighted by Gasteiger charge is 2.19. The summed E-state index contributed by atoms with van der Waals surface area (Å²) in [7, 11) is 2.00. The Morgan fingerprint density at radius 1 is 1.05 bits per heavy atom. The lowest BCUT2D eigenvalue weighted by Gasteiger charge is -2.23. The molecule has 2 unspecified atom stereocenters. The van der Waals surface area contributed by atoms with Crippen LogP contribution in [0, 0.1) is 13.8 Å². The molecule has 0 amide bonds. The summed E-state index contributed by atoms with van der Waals surface area (Å²) < 4.78 is 0. The molecule has 1 aromatic carbocycles. The predicted molar refractivity (Wildman–Crippen MR) is 85.1 cm³/mol. The van der Waals surface area contributed by atoms with E-state index in [2.05, 4.69) is 46.5 Å². The first-order valence-electron chi connectivity index (χ1n) is 6.81. The quantitative estimate of drug-likeness (QED) is 0.674. The third-order valence-electron chi connectivity index (χ3n) is 3.19. The van der Waals surface area contributed by atoms with Crippen molar-refractivity contribution < 1.29 is 0 Å². The maximum absolute atomic E-state index is 4.51. The zero-order chi connectivity index (χ0) is 14.5. The van der Waals surface area contributed by atoms with Crippen molar-refractivity contribution in [2.75, 3.05) is 7.05 Å². The average molecular weight is 287 g/mol. The van der Waals surface area contributed by atoms with Crippen LogP contribution in [0.4, 0.5) is 0 Å². The molecule has 0 radical (unpaired) electrons. The summed E-state index contributed by atoms with van der Waals surface area (Å²) in [5, 5.41) is 4.59. The van der Waals surface area contributed by atoms with Crippen LogP contribution in [0.15, 0.2) is 41.6 Å². The van der Waals surface area contributed by atoms with Crippen molar-refractivity contribution >= 4 is 11.8 Å². The van der Waals surface area contributed by atoms with Crippen molar-refractivity contribution in [3.63, 3.8) is 0 Å². The second-order valence-corrected chi connectivity index (χ2v) is 6.28.